The van der Waals surface area contributed by atoms with Crippen LogP contribution in [0.25, 0.3) is 11.8 Å². The molecule has 1 aromatic heterocycles. The Hall–Kier alpha value is -3.14. The summed E-state index contributed by atoms with van der Waals surface area (Å²) < 4.78 is 1.83. The predicted octanol–water partition coefficient (Wildman–Crippen LogP) is 3.75. The van der Waals surface area contributed by atoms with Crippen molar-refractivity contribution in [1.82, 2.24) is 15.1 Å². The summed E-state index contributed by atoms with van der Waals surface area (Å²) in [4.78, 5) is 12.2. The number of para-hydroxylation sites is 1. The van der Waals surface area contributed by atoms with Crippen LogP contribution in [0, 0.1) is 6.92 Å². The average Bonchev–Trinajstić information content (AvgIpc) is 3.01. The number of aromatic nitrogens is 2. The van der Waals surface area contributed by atoms with Gasteiger partial charge in [0.15, 0.2) is 0 Å². The molecule has 1 N–H and O–H groups in total. The molecule has 0 unspecified atom stereocenters. The molecule has 3 aromatic rings. The number of benzene rings is 2. The van der Waals surface area contributed by atoms with Crippen molar-refractivity contribution in [2.75, 3.05) is 0 Å². The van der Waals surface area contributed by atoms with Gasteiger partial charge in [-0.3, -0.25) is 4.79 Å². The Labute approximate surface area is 141 Å². The van der Waals surface area contributed by atoms with Crippen molar-refractivity contribution in [2.45, 2.75) is 13.5 Å². The van der Waals surface area contributed by atoms with Crippen LogP contribution >= 0.6 is 0 Å². The minimum absolute atomic E-state index is 0.0996. The molecule has 0 bridgehead atoms. The van der Waals surface area contributed by atoms with Gasteiger partial charge in [0.1, 0.15) is 0 Å². The SMILES string of the molecule is C=Cc1ccc(C(=O)NCc2cn(-c3ccccc3)nc2C)cc1. The molecule has 4 nitrogen and oxygen atoms in total. The summed E-state index contributed by atoms with van der Waals surface area (Å²) in [7, 11) is 0. The highest BCUT2D eigenvalue weighted by Gasteiger charge is 2.09. The maximum atomic E-state index is 12.2. The minimum Gasteiger partial charge on any atom is -0.348 e. The number of carbonyl (C=O) groups excluding carboxylic acids is 1. The highest BCUT2D eigenvalue weighted by molar-refractivity contribution is 5.94. The fraction of sp³-hybridized carbons (Fsp3) is 0.100. The largest absolute Gasteiger partial charge is 0.348 e. The molecule has 3 rings (SSSR count). The molecular formula is C20H19N3O. The van der Waals surface area contributed by atoms with Gasteiger partial charge in [-0.25, -0.2) is 4.68 Å². The third kappa shape index (κ3) is 3.43. The van der Waals surface area contributed by atoms with E-state index in [0.29, 0.717) is 12.1 Å². The molecule has 1 amide bonds. The average molecular weight is 317 g/mol. The van der Waals surface area contributed by atoms with Gasteiger partial charge in [0, 0.05) is 23.9 Å². The van der Waals surface area contributed by atoms with E-state index < -0.39 is 0 Å². The van der Waals surface area contributed by atoms with Gasteiger partial charge in [0.05, 0.1) is 11.4 Å². The number of rotatable bonds is 5. The predicted molar refractivity (Wildman–Crippen MR) is 96.0 cm³/mol. The summed E-state index contributed by atoms with van der Waals surface area (Å²) >= 11 is 0. The summed E-state index contributed by atoms with van der Waals surface area (Å²) in [6.45, 7) is 6.10. The molecule has 0 fully saturated rings. The van der Waals surface area contributed by atoms with Gasteiger partial charge in [-0.2, -0.15) is 5.10 Å². The molecule has 0 saturated heterocycles. The lowest BCUT2D eigenvalue weighted by molar-refractivity contribution is 0.0951. The lowest BCUT2D eigenvalue weighted by Gasteiger charge is -2.05. The summed E-state index contributed by atoms with van der Waals surface area (Å²) in [5.41, 5.74) is 4.52. The van der Waals surface area contributed by atoms with Crippen molar-refractivity contribution >= 4 is 12.0 Å². The normalized spacial score (nSPS) is 10.4. The zero-order chi connectivity index (χ0) is 16.9. The molecular weight excluding hydrogens is 298 g/mol. The Bertz CT molecular complexity index is 848. The Balaban J connectivity index is 1.69. The first-order valence-corrected chi connectivity index (χ1v) is 7.78. The molecule has 0 radical (unpaired) electrons. The molecule has 120 valence electrons. The fourth-order valence-electron chi connectivity index (χ4n) is 2.43. The van der Waals surface area contributed by atoms with E-state index in [1.165, 1.54) is 0 Å². The highest BCUT2D eigenvalue weighted by atomic mass is 16.1. The maximum absolute atomic E-state index is 12.2. The van der Waals surface area contributed by atoms with Crippen molar-refractivity contribution in [3.8, 4) is 5.69 Å². The van der Waals surface area contributed by atoms with Crippen molar-refractivity contribution in [1.29, 1.82) is 0 Å². The van der Waals surface area contributed by atoms with Crippen LogP contribution in [-0.4, -0.2) is 15.7 Å². The van der Waals surface area contributed by atoms with Crippen molar-refractivity contribution < 1.29 is 4.79 Å². The van der Waals surface area contributed by atoms with Crippen LogP contribution in [0.15, 0.2) is 67.4 Å². The standard InChI is InChI=1S/C20H19N3O/c1-3-16-9-11-17(12-10-16)20(24)21-13-18-14-23(22-15(18)2)19-7-5-4-6-8-19/h3-12,14H,1,13H2,2H3,(H,21,24). The maximum Gasteiger partial charge on any atom is 0.251 e. The topological polar surface area (TPSA) is 46.9 Å². The van der Waals surface area contributed by atoms with Gasteiger partial charge in [-0.1, -0.05) is 43.0 Å². The molecule has 0 spiro atoms. The molecule has 0 aliphatic rings. The summed E-state index contributed by atoms with van der Waals surface area (Å²) in [5.74, 6) is -0.0996. The molecule has 2 aromatic carbocycles. The Morgan fingerprint density at radius 1 is 1.17 bits per heavy atom. The molecule has 24 heavy (non-hydrogen) atoms. The van der Waals surface area contributed by atoms with Crippen LogP contribution in [0.2, 0.25) is 0 Å². The molecule has 0 aliphatic heterocycles. The number of aryl methyl sites for hydroxylation is 1. The molecule has 4 heteroatoms. The van der Waals surface area contributed by atoms with Gasteiger partial charge in [-0.15, -0.1) is 0 Å². The number of nitrogens with one attached hydrogen (secondary N) is 1. The van der Waals surface area contributed by atoms with E-state index in [1.807, 2.05) is 60.3 Å². The lowest BCUT2D eigenvalue weighted by atomic mass is 10.1. The summed E-state index contributed by atoms with van der Waals surface area (Å²) in [6, 6.07) is 17.3. The Morgan fingerprint density at radius 2 is 1.88 bits per heavy atom. The van der Waals surface area contributed by atoms with E-state index in [-0.39, 0.29) is 5.91 Å². The van der Waals surface area contributed by atoms with E-state index in [2.05, 4.69) is 17.0 Å². The van der Waals surface area contributed by atoms with Gasteiger partial charge < -0.3 is 5.32 Å². The number of hydrogen-bond acceptors (Lipinski definition) is 2. The molecule has 1 heterocycles. The van der Waals surface area contributed by atoms with Crippen molar-refractivity contribution in [2.24, 2.45) is 0 Å². The Morgan fingerprint density at radius 3 is 2.54 bits per heavy atom. The van der Waals surface area contributed by atoms with Gasteiger partial charge in [0.2, 0.25) is 0 Å². The summed E-state index contributed by atoms with van der Waals surface area (Å²) in [5, 5.41) is 7.45. The third-order valence-electron chi connectivity index (χ3n) is 3.87. The molecule has 0 aliphatic carbocycles. The Kier molecular flexibility index (Phi) is 4.57. The van der Waals surface area contributed by atoms with Gasteiger partial charge in [0.25, 0.3) is 5.91 Å². The molecule has 0 saturated carbocycles. The second-order valence-corrected chi connectivity index (χ2v) is 5.53. The smallest absolute Gasteiger partial charge is 0.251 e. The summed E-state index contributed by atoms with van der Waals surface area (Å²) in [6.07, 6.45) is 3.70. The van der Waals surface area contributed by atoms with Crippen LogP contribution < -0.4 is 5.32 Å². The second kappa shape index (κ2) is 6.96. The highest BCUT2D eigenvalue weighted by Crippen LogP contribution is 2.12. The second-order valence-electron chi connectivity index (χ2n) is 5.53. The van der Waals surface area contributed by atoms with E-state index in [0.717, 1.165) is 22.5 Å². The number of amides is 1. The first-order valence-electron chi connectivity index (χ1n) is 7.78. The number of hydrogen-bond donors (Lipinski definition) is 1. The van der Waals surface area contributed by atoms with Gasteiger partial charge in [-0.05, 0) is 36.8 Å². The van der Waals surface area contributed by atoms with E-state index in [9.17, 15) is 4.79 Å². The number of nitrogens with zero attached hydrogens (tertiary/aromatic N) is 2. The molecule has 0 atom stereocenters. The van der Waals surface area contributed by atoms with Crippen LogP contribution in [0.3, 0.4) is 0 Å². The third-order valence-corrected chi connectivity index (χ3v) is 3.87. The quantitative estimate of drug-likeness (QED) is 0.779. The zero-order valence-corrected chi connectivity index (χ0v) is 13.6. The van der Waals surface area contributed by atoms with E-state index >= 15 is 0 Å². The van der Waals surface area contributed by atoms with Crippen LogP contribution in [0.4, 0.5) is 0 Å². The first-order chi connectivity index (χ1) is 11.7. The van der Waals surface area contributed by atoms with Crippen LogP contribution in [0.5, 0.6) is 0 Å². The van der Waals surface area contributed by atoms with E-state index in [1.54, 1.807) is 18.2 Å². The van der Waals surface area contributed by atoms with Gasteiger partial charge >= 0.3 is 0 Å². The minimum atomic E-state index is -0.0996. The van der Waals surface area contributed by atoms with E-state index in [4.69, 9.17) is 0 Å². The van der Waals surface area contributed by atoms with Crippen molar-refractivity contribution in [3.05, 3.63) is 89.8 Å². The first kappa shape index (κ1) is 15.7. The van der Waals surface area contributed by atoms with Crippen LogP contribution in [0.1, 0.15) is 27.2 Å². The number of carbonyl (C=O) groups is 1. The van der Waals surface area contributed by atoms with Crippen molar-refractivity contribution in [3.63, 3.8) is 0 Å². The zero-order valence-electron chi connectivity index (χ0n) is 13.6. The monoisotopic (exact) mass is 317 g/mol. The lowest BCUT2D eigenvalue weighted by Crippen LogP contribution is -2.22. The fourth-order valence-corrected chi connectivity index (χ4v) is 2.43. The van der Waals surface area contributed by atoms with Crippen LogP contribution in [-0.2, 0) is 6.54 Å².